The SMILES string of the molecule is COc1ccc(C(=O)OC(COc2ccc(/C=C/C(=O)c3ccccc3)cc2)COc2ccc(C(=O)/C=C/c3ccccc3)cc2)cc1. The standard InChI is InChI=1S/C41H34O7/c1-45-35-22-18-34(19-23-35)41(44)48-38(28-46-36-20-12-31(13-21-36)15-27-39(42)32-10-6-3-7-11-32)29-47-37-24-16-33(17-25-37)40(43)26-14-30-8-4-2-5-9-30/h2-27,38H,28-29H2,1H3/b26-14+,27-15+. The van der Waals surface area contributed by atoms with Crippen LogP contribution in [0.25, 0.3) is 12.2 Å². The van der Waals surface area contributed by atoms with E-state index in [-0.39, 0.29) is 24.8 Å². The fraction of sp³-hybridized carbons (Fsp3) is 0.0976. The van der Waals surface area contributed by atoms with Gasteiger partial charge in [-0.2, -0.15) is 0 Å². The maximum atomic E-state index is 13.0. The minimum Gasteiger partial charge on any atom is -0.497 e. The molecule has 5 aromatic rings. The first-order chi connectivity index (χ1) is 23.5. The minimum atomic E-state index is -0.766. The van der Waals surface area contributed by atoms with Crippen molar-refractivity contribution in [2.24, 2.45) is 0 Å². The van der Waals surface area contributed by atoms with Crippen molar-refractivity contribution in [3.63, 3.8) is 0 Å². The van der Waals surface area contributed by atoms with Gasteiger partial charge >= 0.3 is 5.97 Å². The lowest BCUT2D eigenvalue weighted by atomic mass is 10.1. The molecule has 0 aromatic heterocycles. The summed E-state index contributed by atoms with van der Waals surface area (Å²) < 4.78 is 22.9. The number of methoxy groups -OCH3 is 1. The van der Waals surface area contributed by atoms with Crippen molar-refractivity contribution >= 4 is 29.7 Å². The largest absolute Gasteiger partial charge is 0.497 e. The molecule has 0 aliphatic carbocycles. The quantitative estimate of drug-likeness (QED) is 0.0649. The lowest BCUT2D eigenvalue weighted by Gasteiger charge is -2.19. The molecule has 0 N–H and O–H groups in total. The number of benzene rings is 5. The van der Waals surface area contributed by atoms with Crippen LogP contribution in [0.15, 0.2) is 146 Å². The molecule has 0 radical (unpaired) electrons. The Hall–Kier alpha value is -6.21. The normalized spacial score (nSPS) is 11.6. The third kappa shape index (κ3) is 9.89. The second kappa shape index (κ2) is 16.9. The highest BCUT2D eigenvalue weighted by Gasteiger charge is 2.19. The highest BCUT2D eigenvalue weighted by molar-refractivity contribution is 6.07. The van der Waals surface area contributed by atoms with Gasteiger partial charge in [-0.25, -0.2) is 4.79 Å². The molecule has 0 saturated heterocycles. The number of ether oxygens (including phenoxy) is 4. The van der Waals surface area contributed by atoms with Crippen LogP contribution >= 0.6 is 0 Å². The fourth-order valence-corrected chi connectivity index (χ4v) is 4.53. The molecule has 240 valence electrons. The number of esters is 1. The number of rotatable bonds is 15. The Labute approximate surface area is 279 Å². The number of allylic oxidation sites excluding steroid dienone is 2. The first kappa shape index (κ1) is 33.2. The lowest BCUT2D eigenvalue weighted by Crippen LogP contribution is -2.31. The van der Waals surface area contributed by atoms with Crippen LogP contribution in [0, 0.1) is 0 Å². The molecule has 48 heavy (non-hydrogen) atoms. The van der Waals surface area contributed by atoms with E-state index in [1.165, 1.54) is 12.2 Å². The molecule has 0 bridgehead atoms. The number of hydrogen-bond donors (Lipinski definition) is 0. The topological polar surface area (TPSA) is 88.1 Å². The molecule has 0 heterocycles. The Bertz CT molecular complexity index is 1840. The van der Waals surface area contributed by atoms with Gasteiger partial charge in [-0.3, -0.25) is 9.59 Å². The van der Waals surface area contributed by atoms with Crippen LogP contribution in [0.1, 0.15) is 42.2 Å². The summed E-state index contributed by atoms with van der Waals surface area (Å²) in [6.07, 6.45) is 5.81. The van der Waals surface area contributed by atoms with E-state index >= 15 is 0 Å². The van der Waals surface area contributed by atoms with Crippen molar-refractivity contribution in [2.75, 3.05) is 20.3 Å². The smallest absolute Gasteiger partial charge is 0.338 e. The Kier molecular flexibility index (Phi) is 11.7. The van der Waals surface area contributed by atoms with Gasteiger partial charge in [0.25, 0.3) is 0 Å². The molecule has 0 aliphatic heterocycles. The lowest BCUT2D eigenvalue weighted by molar-refractivity contribution is 0.00257. The maximum absolute atomic E-state index is 13.0. The van der Waals surface area contributed by atoms with Gasteiger partial charge in [0.2, 0.25) is 0 Å². The Morgan fingerprint density at radius 2 is 0.958 bits per heavy atom. The zero-order chi connectivity index (χ0) is 33.6. The van der Waals surface area contributed by atoms with Crippen LogP contribution in [0.4, 0.5) is 0 Å². The Balaban J connectivity index is 1.20. The highest BCUT2D eigenvalue weighted by atomic mass is 16.6. The molecule has 1 unspecified atom stereocenters. The fourth-order valence-electron chi connectivity index (χ4n) is 4.53. The van der Waals surface area contributed by atoms with Crippen molar-refractivity contribution in [1.29, 1.82) is 0 Å². The van der Waals surface area contributed by atoms with Crippen molar-refractivity contribution in [3.8, 4) is 17.2 Å². The predicted octanol–water partition coefficient (Wildman–Crippen LogP) is 8.17. The molecular weight excluding hydrogens is 604 g/mol. The van der Waals surface area contributed by atoms with Gasteiger partial charge in [-0.15, -0.1) is 0 Å². The van der Waals surface area contributed by atoms with Crippen molar-refractivity contribution in [3.05, 3.63) is 173 Å². The Morgan fingerprint density at radius 1 is 0.521 bits per heavy atom. The van der Waals surface area contributed by atoms with Crippen molar-refractivity contribution in [1.82, 2.24) is 0 Å². The Morgan fingerprint density at radius 3 is 1.50 bits per heavy atom. The summed E-state index contributed by atoms with van der Waals surface area (Å²) in [6.45, 7) is 0.0238. The van der Waals surface area contributed by atoms with Gasteiger partial charge in [0.05, 0.1) is 12.7 Å². The maximum Gasteiger partial charge on any atom is 0.338 e. The first-order valence-corrected chi connectivity index (χ1v) is 15.3. The van der Waals surface area contributed by atoms with Crippen molar-refractivity contribution in [2.45, 2.75) is 6.10 Å². The second-order valence-electron chi connectivity index (χ2n) is 10.6. The molecule has 1 atom stereocenters. The molecule has 7 heteroatoms. The summed E-state index contributed by atoms with van der Waals surface area (Å²) in [5.74, 6) is 0.927. The van der Waals surface area contributed by atoms with E-state index in [1.807, 2.05) is 60.7 Å². The third-order valence-corrected chi connectivity index (χ3v) is 7.20. The average Bonchev–Trinajstić information content (AvgIpc) is 3.15. The summed E-state index contributed by atoms with van der Waals surface area (Å²) in [5.41, 5.74) is 3.25. The molecule has 0 saturated carbocycles. The monoisotopic (exact) mass is 638 g/mol. The third-order valence-electron chi connectivity index (χ3n) is 7.20. The number of ketones is 2. The van der Waals surface area contributed by atoms with Gasteiger partial charge in [0, 0.05) is 11.1 Å². The predicted molar refractivity (Wildman–Crippen MR) is 186 cm³/mol. The molecule has 0 aliphatic rings. The molecule has 0 spiro atoms. The summed E-state index contributed by atoms with van der Waals surface area (Å²) >= 11 is 0. The summed E-state index contributed by atoms with van der Waals surface area (Å²) in [5, 5.41) is 0. The van der Waals surface area contributed by atoms with Gasteiger partial charge in [-0.05, 0) is 83.9 Å². The number of hydrogen-bond acceptors (Lipinski definition) is 7. The zero-order valence-electron chi connectivity index (χ0n) is 26.4. The molecular formula is C41H34O7. The zero-order valence-corrected chi connectivity index (χ0v) is 26.4. The summed E-state index contributed by atoms with van der Waals surface area (Å²) in [6, 6.07) is 39.2. The second-order valence-corrected chi connectivity index (χ2v) is 10.6. The van der Waals surface area contributed by atoms with E-state index in [2.05, 4.69) is 0 Å². The van der Waals surface area contributed by atoms with Gasteiger partial charge < -0.3 is 18.9 Å². The highest BCUT2D eigenvalue weighted by Crippen LogP contribution is 2.18. The van der Waals surface area contributed by atoms with Crippen LogP contribution in [0.2, 0.25) is 0 Å². The molecule has 0 fully saturated rings. The average molecular weight is 639 g/mol. The van der Waals surface area contributed by atoms with E-state index in [4.69, 9.17) is 18.9 Å². The summed E-state index contributed by atoms with van der Waals surface area (Å²) in [7, 11) is 1.55. The molecule has 5 rings (SSSR count). The summed E-state index contributed by atoms with van der Waals surface area (Å²) in [4.78, 5) is 38.0. The van der Waals surface area contributed by atoms with Gasteiger partial charge in [-0.1, -0.05) is 84.9 Å². The van der Waals surface area contributed by atoms with Gasteiger partial charge in [0.15, 0.2) is 17.7 Å². The van der Waals surface area contributed by atoms with Crippen LogP contribution in [-0.2, 0) is 4.74 Å². The van der Waals surface area contributed by atoms with E-state index in [9.17, 15) is 14.4 Å². The van der Waals surface area contributed by atoms with E-state index in [0.717, 1.165) is 11.1 Å². The van der Waals surface area contributed by atoms with Crippen LogP contribution in [0.3, 0.4) is 0 Å². The molecule has 5 aromatic carbocycles. The van der Waals surface area contributed by atoms with Crippen LogP contribution in [-0.4, -0.2) is 44.0 Å². The van der Waals surface area contributed by atoms with Gasteiger partial charge in [0.1, 0.15) is 30.5 Å². The molecule has 0 amide bonds. The van der Waals surface area contributed by atoms with E-state index in [1.54, 1.807) is 92.1 Å². The van der Waals surface area contributed by atoms with E-state index in [0.29, 0.717) is 33.9 Å². The molecule has 7 nitrogen and oxygen atoms in total. The van der Waals surface area contributed by atoms with Crippen LogP contribution < -0.4 is 14.2 Å². The van der Waals surface area contributed by atoms with E-state index < -0.39 is 12.1 Å². The first-order valence-electron chi connectivity index (χ1n) is 15.3. The van der Waals surface area contributed by atoms with Crippen LogP contribution in [0.5, 0.6) is 17.2 Å². The number of carbonyl (C=O) groups is 3. The van der Waals surface area contributed by atoms with Crippen molar-refractivity contribution < 1.29 is 33.3 Å². The minimum absolute atomic E-state index is 0.00547. The number of carbonyl (C=O) groups excluding carboxylic acids is 3.